The molecule has 0 atom stereocenters. The van der Waals surface area contributed by atoms with Crippen LogP contribution < -0.4 is 4.90 Å². The summed E-state index contributed by atoms with van der Waals surface area (Å²) in [7, 11) is 0. The monoisotopic (exact) mass is 227 g/mol. The van der Waals surface area contributed by atoms with E-state index in [1.165, 1.54) is 0 Å². The summed E-state index contributed by atoms with van der Waals surface area (Å²) in [5.41, 5.74) is 1.90. The number of fused-ring (bicyclic) bond motifs is 1. The standard InChI is InChI=1S/C13H13N3O/c17-10-4-3-7-16(9-10)13-8-14-15-12-6-2-1-5-11(12)13/h1-2,5-6,8H,3-4,7,9H2. The lowest BCUT2D eigenvalue weighted by Gasteiger charge is -2.28. The van der Waals surface area contributed by atoms with Crippen molar-refractivity contribution >= 4 is 22.4 Å². The summed E-state index contributed by atoms with van der Waals surface area (Å²) in [5.74, 6) is 0.303. The highest BCUT2D eigenvalue weighted by Gasteiger charge is 2.19. The van der Waals surface area contributed by atoms with E-state index in [-0.39, 0.29) is 0 Å². The minimum Gasteiger partial charge on any atom is -0.362 e. The van der Waals surface area contributed by atoms with Crippen LogP contribution in [0.2, 0.25) is 0 Å². The number of anilines is 1. The number of benzene rings is 1. The van der Waals surface area contributed by atoms with E-state index in [0.29, 0.717) is 18.7 Å². The van der Waals surface area contributed by atoms with Gasteiger partial charge >= 0.3 is 0 Å². The third-order valence-electron chi connectivity index (χ3n) is 3.12. The average molecular weight is 227 g/mol. The molecule has 17 heavy (non-hydrogen) atoms. The Balaban J connectivity index is 2.07. The van der Waals surface area contributed by atoms with Crippen LogP contribution in [-0.4, -0.2) is 29.1 Å². The molecule has 1 aliphatic rings. The summed E-state index contributed by atoms with van der Waals surface area (Å²) in [4.78, 5) is 13.6. The van der Waals surface area contributed by atoms with Gasteiger partial charge in [0, 0.05) is 18.4 Å². The number of Topliss-reactive ketones (excluding diaryl/α,β-unsaturated/α-hetero) is 1. The first kappa shape index (κ1) is 10.2. The molecule has 1 aromatic heterocycles. The first-order valence-corrected chi connectivity index (χ1v) is 5.82. The highest BCUT2D eigenvalue weighted by atomic mass is 16.1. The molecule has 0 radical (unpaired) electrons. The summed E-state index contributed by atoms with van der Waals surface area (Å²) in [5, 5.41) is 9.17. The van der Waals surface area contributed by atoms with Crippen molar-refractivity contribution in [1.29, 1.82) is 0 Å². The fourth-order valence-electron chi connectivity index (χ4n) is 2.29. The zero-order valence-electron chi connectivity index (χ0n) is 9.47. The van der Waals surface area contributed by atoms with Gasteiger partial charge in [-0.1, -0.05) is 18.2 Å². The van der Waals surface area contributed by atoms with Crippen LogP contribution in [0.1, 0.15) is 12.8 Å². The fraction of sp³-hybridized carbons (Fsp3) is 0.308. The van der Waals surface area contributed by atoms with E-state index in [2.05, 4.69) is 15.1 Å². The van der Waals surface area contributed by atoms with Crippen LogP contribution in [0.5, 0.6) is 0 Å². The largest absolute Gasteiger partial charge is 0.362 e. The second-order valence-electron chi connectivity index (χ2n) is 4.31. The molecule has 3 rings (SSSR count). The van der Waals surface area contributed by atoms with Crippen molar-refractivity contribution in [2.45, 2.75) is 12.8 Å². The molecule has 86 valence electrons. The summed E-state index contributed by atoms with van der Waals surface area (Å²) in [6.45, 7) is 1.41. The van der Waals surface area contributed by atoms with Gasteiger partial charge in [-0.15, -0.1) is 0 Å². The molecule has 2 aromatic rings. The Kier molecular flexibility index (Phi) is 2.48. The Morgan fingerprint density at radius 1 is 1.24 bits per heavy atom. The van der Waals surface area contributed by atoms with Gasteiger partial charge in [-0.2, -0.15) is 10.2 Å². The molecule has 1 fully saturated rings. The normalized spacial score (nSPS) is 16.5. The van der Waals surface area contributed by atoms with Crippen LogP contribution >= 0.6 is 0 Å². The molecule has 0 N–H and O–H groups in total. The van der Waals surface area contributed by atoms with Gasteiger partial charge in [0.25, 0.3) is 0 Å². The third-order valence-corrected chi connectivity index (χ3v) is 3.12. The zero-order chi connectivity index (χ0) is 11.7. The molecular weight excluding hydrogens is 214 g/mol. The molecule has 4 heteroatoms. The Morgan fingerprint density at radius 3 is 3.00 bits per heavy atom. The molecule has 2 heterocycles. The predicted octanol–water partition coefficient (Wildman–Crippen LogP) is 1.80. The van der Waals surface area contributed by atoms with Crippen molar-refractivity contribution in [2.75, 3.05) is 18.0 Å². The summed E-state index contributed by atoms with van der Waals surface area (Å²) in [6, 6.07) is 7.90. The van der Waals surface area contributed by atoms with E-state index >= 15 is 0 Å². The van der Waals surface area contributed by atoms with Crippen LogP contribution in [0.25, 0.3) is 10.9 Å². The van der Waals surface area contributed by atoms with Gasteiger partial charge < -0.3 is 4.90 Å². The maximum atomic E-state index is 11.5. The van der Waals surface area contributed by atoms with E-state index in [1.807, 2.05) is 24.3 Å². The average Bonchev–Trinajstić information content (AvgIpc) is 2.38. The van der Waals surface area contributed by atoms with Crippen molar-refractivity contribution in [3.63, 3.8) is 0 Å². The highest BCUT2D eigenvalue weighted by molar-refractivity contribution is 5.93. The Bertz CT molecular complexity index is 562. The summed E-state index contributed by atoms with van der Waals surface area (Å²) in [6.07, 6.45) is 3.38. The molecule has 0 spiro atoms. The lowest BCUT2D eigenvalue weighted by molar-refractivity contribution is -0.118. The Hall–Kier alpha value is -1.97. The quantitative estimate of drug-likeness (QED) is 0.745. The minimum atomic E-state index is 0.303. The van der Waals surface area contributed by atoms with Crippen molar-refractivity contribution in [1.82, 2.24) is 10.2 Å². The maximum Gasteiger partial charge on any atom is 0.152 e. The Labute approximate surface area is 99.3 Å². The van der Waals surface area contributed by atoms with Crippen molar-refractivity contribution in [3.8, 4) is 0 Å². The van der Waals surface area contributed by atoms with Gasteiger partial charge in [0.15, 0.2) is 5.78 Å². The summed E-state index contributed by atoms with van der Waals surface area (Å²) < 4.78 is 0. The molecule has 4 nitrogen and oxygen atoms in total. The molecular formula is C13H13N3O. The van der Waals surface area contributed by atoms with Crippen LogP contribution in [0.3, 0.4) is 0 Å². The van der Waals surface area contributed by atoms with Gasteiger partial charge in [0.1, 0.15) is 0 Å². The number of ketones is 1. The molecule has 1 aliphatic heterocycles. The molecule has 0 aliphatic carbocycles. The molecule has 0 bridgehead atoms. The second kappa shape index (κ2) is 4.13. The van der Waals surface area contributed by atoms with Gasteiger partial charge in [0.05, 0.1) is 23.9 Å². The van der Waals surface area contributed by atoms with Crippen molar-refractivity contribution < 1.29 is 4.79 Å². The number of piperidine rings is 1. The van der Waals surface area contributed by atoms with E-state index in [0.717, 1.165) is 29.6 Å². The van der Waals surface area contributed by atoms with Gasteiger partial charge in [0.2, 0.25) is 0 Å². The van der Waals surface area contributed by atoms with Crippen molar-refractivity contribution in [3.05, 3.63) is 30.5 Å². The van der Waals surface area contributed by atoms with Crippen LogP contribution in [0, 0.1) is 0 Å². The maximum absolute atomic E-state index is 11.5. The number of nitrogens with zero attached hydrogens (tertiary/aromatic N) is 3. The zero-order valence-corrected chi connectivity index (χ0v) is 9.47. The van der Waals surface area contributed by atoms with Crippen LogP contribution in [0.15, 0.2) is 30.5 Å². The highest BCUT2D eigenvalue weighted by Crippen LogP contribution is 2.25. The predicted molar refractivity (Wildman–Crippen MR) is 66.0 cm³/mol. The first-order valence-electron chi connectivity index (χ1n) is 5.82. The molecule has 1 saturated heterocycles. The number of carbonyl (C=O) groups is 1. The van der Waals surface area contributed by atoms with E-state index in [1.54, 1.807) is 6.20 Å². The lowest BCUT2D eigenvalue weighted by atomic mass is 10.1. The lowest BCUT2D eigenvalue weighted by Crippen LogP contribution is -2.35. The van der Waals surface area contributed by atoms with E-state index in [9.17, 15) is 4.79 Å². The SMILES string of the molecule is O=C1CCCN(c2cnnc3ccccc23)C1. The molecule has 0 saturated carbocycles. The summed E-state index contributed by atoms with van der Waals surface area (Å²) >= 11 is 0. The molecule has 1 aromatic carbocycles. The van der Waals surface area contributed by atoms with Crippen molar-refractivity contribution in [2.24, 2.45) is 0 Å². The fourth-order valence-corrected chi connectivity index (χ4v) is 2.29. The molecule has 0 amide bonds. The van der Waals surface area contributed by atoms with Gasteiger partial charge in [-0.25, -0.2) is 0 Å². The van der Waals surface area contributed by atoms with E-state index in [4.69, 9.17) is 0 Å². The minimum absolute atomic E-state index is 0.303. The second-order valence-corrected chi connectivity index (χ2v) is 4.31. The number of aromatic nitrogens is 2. The van der Waals surface area contributed by atoms with Crippen LogP contribution in [-0.2, 0) is 4.79 Å². The molecule has 0 unspecified atom stereocenters. The van der Waals surface area contributed by atoms with Crippen LogP contribution in [0.4, 0.5) is 5.69 Å². The third kappa shape index (κ3) is 1.86. The first-order chi connectivity index (χ1) is 8.34. The smallest absolute Gasteiger partial charge is 0.152 e. The number of rotatable bonds is 1. The van der Waals surface area contributed by atoms with Gasteiger partial charge in [-0.05, 0) is 12.5 Å². The topological polar surface area (TPSA) is 46.1 Å². The number of carbonyl (C=O) groups excluding carboxylic acids is 1. The van der Waals surface area contributed by atoms with Gasteiger partial charge in [-0.3, -0.25) is 4.79 Å². The van der Waals surface area contributed by atoms with E-state index < -0.39 is 0 Å². The Morgan fingerprint density at radius 2 is 2.12 bits per heavy atom. The number of hydrogen-bond acceptors (Lipinski definition) is 4. The number of hydrogen-bond donors (Lipinski definition) is 0.